The molecule has 0 aliphatic carbocycles. The highest BCUT2D eigenvalue weighted by Gasteiger charge is 2.12. The van der Waals surface area contributed by atoms with Crippen molar-refractivity contribution < 1.29 is 23.9 Å². The number of carbonyl (C=O) groups excluding carboxylic acids is 3. The van der Waals surface area contributed by atoms with E-state index in [0.717, 1.165) is 0 Å². The summed E-state index contributed by atoms with van der Waals surface area (Å²) >= 11 is 0. The fourth-order valence-corrected chi connectivity index (χ4v) is 0.873. The summed E-state index contributed by atoms with van der Waals surface area (Å²) in [6.07, 6.45) is -0.257. The molecule has 96 valence electrons. The summed E-state index contributed by atoms with van der Waals surface area (Å²) in [4.78, 5) is 32.8. The van der Waals surface area contributed by atoms with E-state index in [2.05, 4.69) is 11.3 Å². The van der Waals surface area contributed by atoms with Gasteiger partial charge in [0.2, 0.25) is 0 Å². The zero-order valence-corrected chi connectivity index (χ0v) is 10.4. The van der Waals surface area contributed by atoms with Crippen LogP contribution in [0.1, 0.15) is 27.2 Å². The zero-order chi connectivity index (χ0) is 13.4. The summed E-state index contributed by atoms with van der Waals surface area (Å²) in [5.74, 6) is -1.36. The van der Waals surface area contributed by atoms with Crippen molar-refractivity contribution in [1.29, 1.82) is 0 Å². The monoisotopic (exact) mass is 242 g/mol. The molecule has 0 spiro atoms. The van der Waals surface area contributed by atoms with Crippen LogP contribution in [-0.4, -0.2) is 30.9 Å². The number of hydrogen-bond donors (Lipinski definition) is 0. The van der Waals surface area contributed by atoms with Crippen LogP contribution in [0.4, 0.5) is 0 Å². The maximum absolute atomic E-state index is 11.3. The van der Waals surface area contributed by atoms with E-state index in [9.17, 15) is 14.4 Å². The largest absolute Gasteiger partial charge is 0.462 e. The van der Waals surface area contributed by atoms with Crippen LogP contribution in [0, 0.1) is 5.92 Å². The molecule has 0 aromatic carbocycles. The van der Waals surface area contributed by atoms with Gasteiger partial charge in [-0.1, -0.05) is 20.4 Å². The van der Waals surface area contributed by atoms with Gasteiger partial charge in [0, 0.05) is 5.57 Å². The second-order valence-corrected chi connectivity index (χ2v) is 3.92. The van der Waals surface area contributed by atoms with Crippen molar-refractivity contribution in [3.8, 4) is 0 Å². The lowest BCUT2D eigenvalue weighted by Gasteiger charge is -2.09. The summed E-state index contributed by atoms with van der Waals surface area (Å²) in [6, 6.07) is 0. The maximum Gasteiger partial charge on any atom is 0.333 e. The van der Waals surface area contributed by atoms with E-state index >= 15 is 0 Å². The van der Waals surface area contributed by atoms with Crippen LogP contribution >= 0.6 is 0 Å². The summed E-state index contributed by atoms with van der Waals surface area (Å²) in [5.41, 5.74) is 0.375. The molecule has 0 aliphatic rings. The van der Waals surface area contributed by atoms with Gasteiger partial charge < -0.3 is 9.47 Å². The SMILES string of the molecule is C=C(C(=O)OCCOC(=O)CC(C)=O)C(C)C. The Morgan fingerprint density at radius 3 is 2.12 bits per heavy atom. The first kappa shape index (κ1) is 15.3. The van der Waals surface area contributed by atoms with Crippen LogP contribution in [0.25, 0.3) is 0 Å². The molecule has 0 amide bonds. The highest BCUT2D eigenvalue weighted by molar-refractivity contribution is 5.94. The molecule has 5 heteroatoms. The molecular formula is C12H18O5. The van der Waals surface area contributed by atoms with Gasteiger partial charge in [-0.25, -0.2) is 4.79 Å². The van der Waals surface area contributed by atoms with Crippen LogP contribution in [0.3, 0.4) is 0 Å². The van der Waals surface area contributed by atoms with Crippen molar-refractivity contribution in [3.05, 3.63) is 12.2 Å². The molecule has 0 heterocycles. The topological polar surface area (TPSA) is 69.7 Å². The molecule has 0 fully saturated rings. The normalized spacial score (nSPS) is 9.88. The Hall–Kier alpha value is -1.65. The lowest BCUT2D eigenvalue weighted by Crippen LogP contribution is -2.17. The Kier molecular flexibility index (Phi) is 6.86. The molecule has 0 aromatic rings. The third-order valence-corrected chi connectivity index (χ3v) is 1.93. The predicted octanol–water partition coefficient (Wildman–Crippen LogP) is 1.26. The van der Waals surface area contributed by atoms with Crippen LogP contribution in [0.5, 0.6) is 0 Å². The zero-order valence-electron chi connectivity index (χ0n) is 10.4. The van der Waals surface area contributed by atoms with Gasteiger partial charge in [-0.15, -0.1) is 0 Å². The van der Waals surface area contributed by atoms with Crippen LogP contribution in [0.2, 0.25) is 0 Å². The van der Waals surface area contributed by atoms with Crippen molar-refractivity contribution in [2.24, 2.45) is 5.92 Å². The number of esters is 2. The predicted molar refractivity (Wildman–Crippen MR) is 61.2 cm³/mol. The average molecular weight is 242 g/mol. The Bertz CT molecular complexity index is 317. The van der Waals surface area contributed by atoms with Crippen molar-refractivity contribution in [3.63, 3.8) is 0 Å². The van der Waals surface area contributed by atoms with E-state index in [1.807, 2.05) is 13.8 Å². The highest BCUT2D eigenvalue weighted by Crippen LogP contribution is 2.08. The number of carbonyl (C=O) groups is 3. The van der Waals surface area contributed by atoms with Gasteiger partial charge in [0.1, 0.15) is 25.4 Å². The molecule has 0 saturated heterocycles. The summed E-state index contributed by atoms with van der Waals surface area (Å²) < 4.78 is 9.50. The third kappa shape index (κ3) is 7.27. The van der Waals surface area contributed by atoms with E-state index in [-0.39, 0.29) is 31.3 Å². The van der Waals surface area contributed by atoms with Crippen molar-refractivity contribution in [2.45, 2.75) is 27.2 Å². The van der Waals surface area contributed by atoms with Gasteiger partial charge in [-0.2, -0.15) is 0 Å². The Labute approximate surface area is 101 Å². The highest BCUT2D eigenvalue weighted by atomic mass is 16.6. The second-order valence-electron chi connectivity index (χ2n) is 3.92. The number of ketones is 1. The molecule has 0 aromatic heterocycles. The molecule has 0 bridgehead atoms. The van der Waals surface area contributed by atoms with Crippen LogP contribution in [-0.2, 0) is 23.9 Å². The Morgan fingerprint density at radius 1 is 1.12 bits per heavy atom. The maximum atomic E-state index is 11.3. The first-order chi connectivity index (χ1) is 7.84. The van der Waals surface area contributed by atoms with Crippen LogP contribution < -0.4 is 0 Å². The lowest BCUT2D eigenvalue weighted by atomic mass is 10.1. The van der Waals surface area contributed by atoms with E-state index in [1.165, 1.54) is 6.92 Å². The molecule has 5 nitrogen and oxygen atoms in total. The minimum Gasteiger partial charge on any atom is -0.462 e. The van der Waals surface area contributed by atoms with Gasteiger partial charge in [0.25, 0.3) is 0 Å². The van der Waals surface area contributed by atoms with Crippen LogP contribution in [0.15, 0.2) is 12.2 Å². The Morgan fingerprint density at radius 2 is 1.65 bits per heavy atom. The minimum atomic E-state index is -0.615. The molecule has 0 N–H and O–H groups in total. The quantitative estimate of drug-likeness (QED) is 0.291. The fourth-order valence-electron chi connectivity index (χ4n) is 0.873. The molecule has 0 rings (SSSR count). The van der Waals surface area contributed by atoms with Crippen molar-refractivity contribution in [2.75, 3.05) is 13.2 Å². The number of ether oxygens (including phenoxy) is 2. The summed E-state index contributed by atoms with van der Waals surface area (Å²) in [6.45, 7) is 8.45. The van der Waals surface area contributed by atoms with Gasteiger partial charge in [-0.05, 0) is 12.8 Å². The third-order valence-electron chi connectivity index (χ3n) is 1.93. The van der Waals surface area contributed by atoms with Gasteiger partial charge in [-0.3, -0.25) is 9.59 Å². The number of hydrogen-bond acceptors (Lipinski definition) is 5. The van der Waals surface area contributed by atoms with Gasteiger partial charge in [0.05, 0.1) is 0 Å². The molecule has 0 aliphatic heterocycles. The molecular weight excluding hydrogens is 224 g/mol. The van der Waals surface area contributed by atoms with Crippen molar-refractivity contribution in [1.82, 2.24) is 0 Å². The van der Waals surface area contributed by atoms with E-state index in [4.69, 9.17) is 4.74 Å². The lowest BCUT2D eigenvalue weighted by molar-refractivity contribution is -0.151. The molecule has 0 saturated carbocycles. The average Bonchev–Trinajstić information content (AvgIpc) is 2.21. The summed E-state index contributed by atoms with van der Waals surface area (Å²) in [7, 11) is 0. The first-order valence-corrected chi connectivity index (χ1v) is 5.35. The second kappa shape index (κ2) is 7.60. The molecule has 0 radical (unpaired) electrons. The van der Waals surface area contributed by atoms with E-state index in [0.29, 0.717) is 5.57 Å². The van der Waals surface area contributed by atoms with E-state index < -0.39 is 11.9 Å². The number of rotatable bonds is 7. The first-order valence-electron chi connectivity index (χ1n) is 5.35. The number of Topliss-reactive ketones (excluding diaryl/α,β-unsaturated/α-hetero) is 1. The Balaban J connectivity index is 3.72. The molecule has 0 atom stereocenters. The summed E-state index contributed by atoms with van der Waals surface area (Å²) in [5, 5.41) is 0. The van der Waals surface area contributed by atoms with Gasteiger partial charge in [0.15, 0.2) is 0 Å². The minimum absolute atomic E-state index is 0.0164. The van der Waals surface area contributed by atoms with Gasteiger partial charge >= 0.3 is 11.9 Å². The molecule has 0 unspecified atom stereocenters. The van der Waals surface area contributed by atoms with Crippen molar-refractivity contribution >= 4 is 17.7 Å². The fraction of sp³-hybridized carbons (Fsp3) is 0.583. The smallest absolute Gasteiger partial charge is 0.333 e. The standard InChI is InChI=1S/C12H18O5/c1-8(2)10(4)12(15)17-6-5-16-11(14)7-9(3)13/h8H,4-7H2,1-3H3. The van der Waals surface area contributed by atoms with E-state index in [1.54, 1.807) is 0 Å². The molecule has 17 heavy (non-hydrogen) atoms.